The van der Waals surface area contributed by atoms with Crippen LogP contribution in [0.15, 0.2) is 42.5 Å². The molecule has 1 N–H and O–H groups in total. The van der Waals surface area contributed by atoms with Crippen molar-refractivity contribution in [3.8, 4) is 0 Å². The molecule has 2 nitrogen and oxygen atoms in total. The van der Waals surface area contributed by atoms with E-state index in [1.807, 2.05) is 18.2 Å². The van der Waals surface area contributed by atoms with Crippen LogP contribution >= 0.6 is 22.9 Å². The first kappa shape index (κ1) is 13.4. The van der Waals surface area contributed by atoms with Gasteiger partial charge in [0.25, 0.3) is 0 Å². The van der Waals surface area contributed by atoms with Gasteiger partial charge < -0.3 is 5.32 Å². The van der Waals surface area contributed by atoms with Crippen molar-refractivity contribution < 1.29 is 0 Å². The Bertz CT molecular complexity index is 751. The Morgan fingerprint density at radius 2 is 2.00 bits per heavy atom. The lowest BCUT2D eigenvalue weighted by Crippen LogP contribution is -2.07. The van der Waals surface area contributed by atoms with Crippen LogP contribution in [-0.4, -0.2) is 4.98 Å². The Morgan fingerprint density at radius 3 is 2.80 bits per heavy atom. The molecular formula is C16H15ClN2S. The summed E-state index contributed by atoms with van der Waals surface area (Å²) in [5.74, 6) is 0. The minimum Gasteiger partial charge on any atom is -0.355 e. The molecule has 0 aliphatic rings. The van der Waals surface area contributed by atoms with Crippen molar-refractivity contribution in [2.45, 2.75) is 19.9 Å². The highest BCUT2D eigenvalue weighted by Gasteiger charge is 2.10. The number of nitrogens with zero attached hydrogens (tertiary/aromatic N) is 1. The van der Waals surface area contributed by atoms with E-state index in [9.17, 15) is 0 Å². The summed E-state index contributed by atoms with van der Waals surface area (Å²) in [6, 6.07) is 14.4. The lowest BCUT2D eigenvalue weighted by atomic mass is 10.0. The molecule has 0 radical (unpaired) electrons. The monoisotopic (exact) mass is 302 g/mol. The fourth-order valence-corrected chi connectivity index (χ4v) is 3.52. The first-order valence-corrected chi connectivity index (χ1v) is 7.71. The van der Waals surface area contributed by atoms with E-state index in [0.717, 1.165) is 20.4 Å². The lowest BCUT2D eigenvalue weighted by Gasteiger charge is -2.15. The molecule has 0 fully saturated rings. The van der Waals surface area contributed by atoms with Crippen LogP contribution < -0.4 is 5.32 Å². The molecule has 0 bridgehead atoms. The average molecular weight is 303 g/mol. The van der Waals surface area contributed by atoms with Crippen molar-refractivity contribution in [1.29, 1.82) is 0 Å². The van der Waals surface area contributed by atoms with Gasteiger partial charge in [-0.3, -0.25) is 0 Å². The zero-order valence-electron chi connectivity index (χ0n) is 11.4. The minimum absolute atomic E-state index is 0.229. The molecule has 0 amide bonds. The third-order valence-electron chi connectivity index (χ3n) is 3.35. The van der Waals surface area contributed by atoms with E-state index in [0.29, 0.717) is 0 Å². The molecule has 4 heteroatoms. The van der Waals surface area contributed by atoms with Crippen LogP contribution in [0.25, 0.3) is 10.2 Å². The maximum absolute atomic E-state index is 6.01. The van der Waals surface area contributed by atoms with Crippen molar-refractivity contribution >= 4 is 38.3 Å². The van der Waals surface area contributed by atoms with E-state index in [4.69, 9.17) is 11.6 Å². The van der Waals surface area contributed by atoms with E-state index >= 15 is 0 Å². The molecule has 20 heavy (non-hydrogen) atoms. The molecule has 1 unspecified atom stereocenters. The Labute approximate surface area is 127 Å². The van der Waals surface area contributed by atoms with E-state index in [2.05, 4.69) is 48.4 Å². The molecule has 0 spiro atoms. The Balaban J connectivity index is 1.87. The highest BCUT2D eigenvalue weighted by molar-refractivity contribution is 7.22. The van der Waals surface area contributed by atoms with Crippen LogP contribution in [0, 0.1) is 6.92 Å². The van der Waals surface area contributed by atoms with E-state index in [1.165, 1.54) is 11.1 Å². The molecule has 0 saturated carbocycles. The topological polar surface area (TPSA) is 24.9 Å². The predicted octanol–water partition coefficient (Wildman–Crippen LogP) is 5.43. The number of halogens is 1. The Hall–Kier alpha value is -1.58. The van der Waals surface area contributed by atoms with Crippen molar-refractivity contribution in [3.63, 3.8) is 0 Å². The molecule has 3 rings (SSSR count). The number of fused-ring (bicyclic) bond motifs is 1. The van der Waals surface area contributed by atoms with E-state index in [-0.39, 0.29) is 6.04 Å². The number of rotatable bonds is 3. The molecule has 2 aromatic carbocycles. The van der Waals surface area contributed by atoms with Gasteiger partial charge >= 0.3 is 0 Å². The summed E-state index contributed by atoms with van der Waals surface area (Å²) >= 11 is 7.64. The smallest absolute Gasteiger partial charge is 0.184 e. The summed E-state index contributed by atoms with van der Waals surface area (Å²) in [6.07, 6.45) is 0. The molecule has 1 heterocycles. The van der Waals surface area contributed by atoms with Gasteiger partial charge in [-0.05, 0) is 43.2 Å². The summed E-state index contributed by atoms with van der Waals surface area (Å²) in [6.45, 7) is 4.28. The third kappa shape index (κ3) is 2.65. The normalized spacial score (nSPS) is 12.6. The fraction of sp³-hybridized carbons (Fsp3) is 0.188. The van der Waals surface area contributed by atoms with Crippen molar-refractivity contribution in [2.75, 3.05) is 5.32 Å². The Kier molecular flexibility index (Phi) is 3.64. The van der Waals surface area contributed by atoms with Crippen LogP contribution in [-0.2, 0) is 0 Å². The fourth-order valence-electron chi connectivity index (χ4n) is 2.30. The van der Waals surface area contributed by atoms with Crippen LogP contribution in [0.5, 0.6) is 0 Å². The zero-order chi connectivity index (χ0) is 14.1. The van der Waals surface area contributed by atoms with Gasteiger partial charge in [0, 0.05) is 5.02 Å². The van der Waals surface area contributed by atoms with Gasteiger partial charge in [0.05, 0.1) is 16.3 Å². The highest BCUT2D eigenvalue weighted by atomic mass is 35.5. The summed E-state index contributed by atoms with van der Waals surface area (Å²) in [5.41, 5.74) is 3.57. The zero-order valence-corrected chi connectivity index (χ0v) is 12.9. The highest BCUT2D eigenvalue weighted by Crippen LogP contribution is 2.31. The quantitative estimate of drug-likeness (QED) is 0.697. The maximum Gasteiger partial charge on any atom is 0.184 e. The number of anilines is 1. The third-order valence-corrected chi connectivity index (χ3v) is 4.53. The first-order chi connectivity index (χ1) is 9.63. The number of hydrogen-bond donors (Lipinski definition) is 1. The lowest BCUT2D eigenvalue weighted by molar-refractivity contribution is 0.872. The van der Waals surface area contributed by atoms with Gasteiger partial charge in [-0.2, -0.15) is 0 Å². The molecule has 1 aromatic heterocycles. The second kappa shape index (κ2) is 5.43. The molecule has 1 atom stereocenters. The molecule has 0 saturated heterocycles. The van der Waals surface area contributed by atoms with Crippen LogP contribution in [0.3, 0.4) is 0 Å². The van der Waals surface area contributed by atoms with Gasteiger partial charge in [-0.1, -0.05) is 47.2 Å². The Morgan fingerprint density at radius 1 is 1.20 bits per heavy atom. The van der Waals surface area contributed by atoms with Crippen LogP contribution in [0.2, 0.25) is 5.02 Å². The van der Waals surface area contributed by atoms with Crippen molar-refractivity contribution in [1.82, 2.24) is 4.98 Å². The summed E-state index contributed by atoms with van der Waals surface area (Å²) in [5, 5.41) is 5.15. The predicted molar refractivity (Wildman–Crippen MR) is 87.8 cm³/mol. The van der Waals surface area contributed by atoms with E-state index in [1.54, 1.807) is 11.3 Å². The maximum atomic E-state index is 6.01. The van der Waals surface area contributed by atoms with Gasteiger partial charge in [0.2, 0.25) is 0 Å². The van der Waals surface area contributed by atoms with Gasteiger partial charge in [-0.15, -0.1) is 0 Å². The standard InChI is InChI=1S/C16H15ClN2S/c1-10-5-3-4-6-13(10)11(2)18-16-19-14-8-7-12(17)9-15(14)20-16/h3-9,11H,1-2H3,(H,18,19). The van der Waals surface area contributed by atoms with Crippen molar-refractivity contribution in [2.24, 2.45) is 0 Å². The van der Waals surface area contributed by atoms with Crippen LogP contribution in [0.4, 0.5) is 5.13 Å². The van der Waals surface area contributed by atoms with Gasteiger partial charge in [0.1, 0.15) is 0 Å². The van der Waals surface area contributed by atoms with E-state index < -0.39 is 0 Å². The second-order valence-electron chi connectivity index (χ2n) is 4.85. The molecular weight excluding hydrogens is 288 g/mol. The second-order valence-corrected chi connectivity index (χ2v) is 6.32. The average Bonchev–Trinajstić information content (AvgIpc) is 2.80. The number of thiazole rings is 1. The minimum atomic E-state index is 0.229. The van der Waals surface area contributed by atoms with Gasteiger partial charge in [0.15, 0.2) is 5.13 Å². The number of aryl methyl sites for hydroxylation is 1. The molecule has 0 aliphatic carbocycles. The van der Waals surface area contributed by atoms with Crippen molar-refractivity contribution in [3.05, 3.63) is 58.6 Å². The summed E-state index contributed by atoms with van der Waals surface area (Å²) < 4.78 is 1.11. The van der Waals surface area contributed by atoms with Gasteiger partial charge in [-0.25, -0.2) is 4.98 Å². The molecule has 3 aromatic rings. The summed E-state index contributed by atoms with van der Waals surface area (Å²) in [4.78, 5) is 4.60. The molecule has 0 aliphatic heterocycles. The largest absolute Gasteiger partial charge is 0.355 e. The van der Waals surface area contributed by atoms with Crippen LogP contribution in [0.1, 0.15) is 24.1 Å². The number of nitrogens with one attached hydrogen (secondary N) is 1. The first-order valence-electron chi connectivity index (χ1n) is 6.51. The summed E-state index contributed by atoms with van der Waals surface area (Å²) in [7, 11) is 0. The number of benzene rings is 2. The number of hydrogen-bond acceptors (Lipinski definition) is 3. The molecule has 102 valence electrons. The number of aromatic nitrogens is 1. The SMILES string of the molecule is Cc1ccccc1C(C)Nc1nc2ccc(Cl)cc2s1.